The van der Waals surface area contributed by atoms with Crippen LogP contribution in [0.5, 0.6) is 0 Å². The molecule has 94 valence electrons. The van der Waals surface area contributed by atoms with Crippen LogP contribution < -0.4 is 5.73 Å². The number of amides is 1. The molecular formula is C12H23ClN2O. The van der Waals surface area contributed by atoms with Gasteiger partial charge in [-0.2, -0.15) is 0 Å². The van der Waals surface area contributed by atoms with E-state index in [-0.39, 0.29) is 24.9 Å². The van der Waals surface area contributed by atoms with E-state index >= 15 is 0 Å². The number of nitrogens with two attached hydrogens (primary N) is 1. The number of halogens is 1. The van der Waals surface area contributed by atoms with Gasteiger partial charge in [-0.25, -0.2) is 0 Å². The van der Waals surface area contributed by atoms with Gasteiger partial charge in [0.2, 0.25) is 5.91 Å². The second kappa shape index (κ2) is 6.45. The Labute approximate surface area is 104 Å². The summed E-state index contributed by atoms with van der Waals surface area (Å²) in [4.78, 5) is 13.7. The molecule has 1 amide bonds. The van der Waals surface area contributed by atoms with Crippen molar-refractivity contribution in [3.8, 4) is 0 Å². The van der Waals surface area contributed by atoms with E-state index in [1.165, 1.54) is 44.9 Å². The zero-order chi connectivity index (χ0) is 10.7. The summed E-state index contributed by atoms with van der Waals surface area (Å²) < 4.78 is 0. The Morgan fingerprint density at radius 1 is 1.12 bits per heavy atom. The topological polar surface area (TPSA) is 46.3 Å². The van der Waals surface area contributed by atoms with E-state index in [0.29, 0.717) is 6.04 Å². The van der Waals surface area contributed by atoms with Crippen molar-refractivity contribution in [2.75, 3.05) is 13.1 Å². The fourth-order valence-electron chi connectivity index (χ4n) is 3.23. The fourth-order valence-corrected chi connectivity index (χ4v) is 3.23. The third kappa shape index (κ3) is 2.89. The molecule has 1 aliphatic heterocycles. The minimum Gasteiger partial charge on any atom is -0.338 e. The maximum absolute atomic E-state index is 11.7. The second-order valence-corrected chi connectivity index (χ2v) is 4.90. The molecule has 1 aliphatic carbocycles. The van der Waals surface area contributed by atoms with E-state index in [2.05, 4.69) is 4.90 Å². The molecule has 4 heteroatoms. The van der Waals surface area contributed by atoms with Gasteiger partial charge in [-0.1, -0.05) is 19.3 Å². The SMILES string of the molecule is Cl.NCC(=O)N1CCCC1C1CCCCC1. The lowest BCUT2D eigenvalue weighted by atomic mass is 9.83. The first-order chi connectivity index (χ1) is 7.33. The minimum atomic E-state index is 0. The van der Waals surface area contributed by atoms with Crippen molar-refractivity contribution in [3.63, 3.8) is 0 Å². The van der Waals surface area contributed by atoms with Gasteiger partial charge in [-0.05, 0) is 31.6 Å². The highest BCUT2D eigenvalue weighted by atomic mass is 35.5. The number of likely N-dealkylation sites (tertiary alicyclic amines) is 1. The summed E-state index contributed by atoms with van der Waals surface area (Å²) in [5.41, 5.74) is 5.45. The Bertz CT molecular complexity index is 229. The van der Waals surface area contributed by atoms with Crippen LogP contribution in [-0.2, 0) is 4.79 Å². The second-order valence-electron chi connectivity index (χ2n) is 4.90. The van der Waals surface area contributed by atoms with Crippen molar-refractivity contribution < 1.29 is 4.79 Å². The summed E-state index contributed by atoms with van der Waals surface area (Å²) in [5, 5.41) is 0. The monoisotopic (exact) mass is 246 g/mol. The Hall–Kier alpha value is -0.280. The molecule has 0 bridgehead atoms. The maximum Gasteiger partial charge on any atom is 0.236 e. The van der Waals surface area contributed by atoms with Crippen LogP contribution in [0.4, 0.5) is 0 Å². The third-order valence-corrected chi connectivity index (χ3v) is 3.99. The molecule has 3 nitrogen and oxygen atoms in total. The highest BCUT2D eigenvalue weighted by molar-refractivity contribution is 5.85. The van der Waals surface area contributed by atoms with Gasteiger partial charge in [0.25, 0.3) is 0 Å². The molecule has 1 saturated carbocycles. The normalized spacial score (nSPS) is 26.6. The molecule has 0 aromatic carbocycles. The fraction of sp³-hybridized carbons (Fsp3) is 0.917. The van der Waals surface area contributed by atoms with Crippen molar-refractivity contribution in [3.05, 3.63) is 0 Å². The van der Waals surface area contributed by atoms with Crippen molar-refractivity contribution >= 4 is 18.3 Å². The number of carbonyl (C=O) groups excluding carboxylic acids is 1. The first kappa shape index (κ1) is 13.8. The third-order valence-electron chi connectivity index (χ3n) is 3.99. The summed E-state index contributed by atoms with van der Waals surface area (Å²) in [6.07, 6.45) is 9.10. The first-order valence-corrected chi connectivity index (χ1v) is 6.32. The summed E-state index contributed by atoms with van der Waals surface area (Å²) in [6, 6.07) is 0.515. The average Bonchev–Trinajstić information content (AvgIpc) is 2.78. The summed E-state index contributed by atoms with van der Waals surface area (Å²) >= 11 is 0. The van der Waals surface area contributed by atoms with Gasteiger partial charge in [0.05, 0.1) is 6.54 Å². The Balaban J connectivity index is 0.00000128. The van der Waals surface area contributed by atoms with Crippen molar-refractivity contribution in [2.24, 2.45) is 11.7 Å². The van der Waals surface area contributed by atoms with Crippen LogP contribution in [0.15, 0.2) is 0 Å². The minimum absolute atomic E-state index is 0. The zero-order valence-corrected chi connectivity index (χ0v) is 10.7. The van der Waals surface area contributed by atoms with Crippen LogP contribution in [0.3, 0.4) is 0 Å². The molecule has 1 atom stereocenters. The van der Waals surface area contributed by atoms with Gasteiger partial charge in [0, 0.05) is 12.6 Å². The first-order valence-electron chi connectivity index (χ1n) is 6.32. The van der Waals surface area contributed by atoms with Gasteiger partial charge >= 0.3 is 0 Å². The summed E-state index contributed by atoms with van der Waals surface area (Å²) in [6.45, 7) is 1.13. The molecule has 2 fully saturated rings. The van der Waals surface area contributed by atoms with Crippen LogP contribution >= 0.6 is 12.4 Å². The molecule has 1 unspecified atom stereocenters. The van der Waals surface area contributed by atoms with Gasteiger partial charge in [0.1, 0.15) is 0 Å². The number of hydrogen-bond donors (Lipinski definition) is 1. The molecule has 0 aromatic rings. The van der Waals surface area contributed by atoms with E-state index in [1.54, 1.807) is 0 Å². The quantitative estimate of drug-likeness (QED) is 0.810. The van der Waals surface area contributed by atoms with E-state index < -0.39 is 0 Å². The molecule has 2 aliphatic rings. The Morgan fingerprint density at radius 3 is 2.44 bits per heavy atom. The van der Waals surface area contributed by atoms with Crippen molar-refractivity contribution in [1.29, 1.82) is 0 Å². The lowest BCUT2D eigenvalue weighted by molar-refractivity contribution is -0.131. The van der Waals surface area contributed by atoms with Gasteiger partial charge < -0.3 is 10.6 Å². The highest BCUT2D eigenvalue weighted by Crippen LogP contribution is 2.34. The highest BCUT2D eigenvalue weighted by Gasteiger charge is 2.34. The number of carbonyl (C=O) groups is 1. The zero-order valence-electron chi connectivity index (χ0n) is 9.86. The van der Waals surface area contributed by atoms with E-state index in [1.807, 2.05) is 0 Å². The molecular weight excluding hydrogens is 224 g/mol. The summed E-state index contributed by atoms with van der Waals surface area (Å²) in [7, 11) is 0. The van der Waals surface area contributed by atoms with E-state index in [9.17, 15) is 4.79 Å². The summed E-state index contributed by atoms with van der Waals surface area (Å²) in [5.74, 6) is 0.917. The lowest BCUT2D eigenvalue weighted by Crippen LogP contribution is -2.43. The van der Waals surface area contributed by atoms with Crippen LogP contribution in [0.2, 0.25) is 0 Å². The van der Waals surface area contributed by atoms with E-state index in [0.717, 1.165) is 12.5 Å². The molecule has 2 rings (SSSR count). The molecule has 1 saturated heterocycles. The molecule has 0 aromatic heterocycles. The van der Waals surface area contributed by atoms with Gasteiger partial charge in [0.15, 0.2) is 0 Å². The van der Waals surface area contributed by atoms with E-state index in [4.69, 9.17) is 5.73 Å². The molecule has 0 spiro atoms. The maximum atomic E-state index is 11.7. The van der Waals surface area contributed by atoms with Gasteiger partial charge in [-0.3, -0.25) is 4.79 Å². The smallest absolute Gasteiger partial charge is 0.236 e. The number of rotatable bonds is 2. The standard InChI is InChI=1S/C12H22N2O.ClH/c13-9-12(15)14-8-4-7-11(14)10-5-2-1-3-6-10;/h10-11H,1-9,13H2;1H. The molecule has 16 heavy (non-hydrogen) atoms. The van der Waals surface area contributed by atoms with Crippen LogP contribution in [0.1, 0.15) is 44.9 Å². The number of nitrogens with zero attached hydrogens (tertiary/aromatic N) is 1. The van der Waals surface area contributed by atoms with Crippen LogP contribution in [0, 0.1) is 5.92 Å². The van der Waals surface area contributed by atoms with Crippen molar-refractivity contribution in [1.82, 2.24) is 4.90 Å². The van der Waals surface area contributed by atoms with Crippen LogP contribution in [0.25, 0.3) is 0 Å². The Kier molecular flexibility index (Phi) is 5.56. The Morgan fingerprint density at radius 2 is 1.81 bits per heavy atom. The number of hydrogen-bond acceptors (Lipinski definition) is 2. The lowest BCUT2D eigenvalue weighted by Gasteiger charge is -2.33. The average molecular weight is 247 g/mol. The predicted octanol–water partition coefficient (Wildman–Crippen LogP) is 1.94. The van der Waals surface area contributed by atoms with Crippen molar-refractivity contribution in [2.45, 2.75) is 51.0 Å². The molecule has 2 N–H and O–H groups in total. The van der Waals surface area contributed by atoms with Crippen LogP contribution in [-0.4, -0.2) is 29.9 Å². The predicted molar refractivity (Wildman–Crippen MR) is 67.6 cm³/mol. The van der Waals surface area contributed by atoms with Gasteiger partial charge in [-0.15, -0.1) is 12.4 Å². The molecule has 0 radical (unpaired) electrons. The molecule has 1 heterocycles. The largest absolute Gasteiger partial charge is 0.338 e.